The fourth-order valence-electron chi connectivity index (χ4n) is 4.88. The number of benzene rings is 1. The summed E-state index contributed by atoms with van der Waals surface area (Å²) in [6.07, 6.45) is 0. The second-order valence-corrected chi connectivity index (χ2v) is 13.5. The van der Waals surface area contributed by atoms with Crippen molar-refractivity contribution >= 4 is 29.9 Å². The maximum atomic E-state index is 4.02. The van der Waals surface area contributed by atoms with Crippen LogP contribution in [0.2, 0.25) is 18.6 Å². The molecular formula is C19H32BrNSi. The highest BCUT2D eigenvalue weighted by molar-refractivity contribution is 9.10. The summed E-state index contributed by atoms with van der Waals surface area (Å²) in [4.78, 5) is 4.02. The molecule has 0 heterocycles. The van der Waals surface area contributed by atoms with Crippen LogP contribution in [-0.4, -0.2) is 8.24 Å². The molecule has 0 amide bonds. The summed E-state index contributed by atoms with van der Waals surface area (Å²) in [6.45, 7) is 19.3. The topological polar surface area (TPSA) is 12.0 Å². The molecule has 22 heavy (non-hydrogen) atoms. The summed E-state index contributed by atoms with van der Waals surface area (Å²) in [5.74, 6) is 3.28. The molecule has 0 saturated heterocycles. The fraction of sp³-hybridized carbons (Fsp3) is 0.684. The van der Waals surface area contributed by atoms with Crippen molar-refractivity contribution in [3.63, 3.8) is 0 Å². The Morgan fingerprint density at radius 2 is 1.41 bits per heavy atom. The highest BCUT2D eigenvalue weighted by atomic mass is 79.9. The zero-order valence-electron chi connectivity index (χ0n) is 15.4. The van der Waals surface area contributed by atoms with Gasteiger partial charge >= 0.3 is 0 Å². The van der Waals surface area contributed by atoms with Crippen LogP contribution in [0.4, 0.5) is 5.69 Å². The first kappa shape index (κ1) is 18.1. The molecule has 1 aliphatic carbocycles. The van der Waals surface area contributed by atoms with Gasteiger partial charge in [0, 0.05) is 10.2 Å². The normalized spacial score (nSPS) is 32.3. The lowest BCUT2D eigenvalue weighted by Gasteiger charge is -2.38. The Labute approximate surface area is 146 Å². The lowest BCUT2D eigenvalue weighted by molar-refractivity contribution is 0.352. The number of rotatable bonds is 3. The summed E-state index contributed by atoms with van der Waals surface area (Å²) >= 11 is 3.77. The molecule has 0 bridgehead atoms. The van der Waals surface area contributed by atoms with Crippen LogP contribution < -0.4 is 4.98 Å². The van der Waals surface area contributed by atoms with Gasteiger partial charge in [0.05, 0.1) is 0 Å². The lowest BCUT2D eigenvalue weighted by atomic mass is 9.92. The first-order valence-corrected chi connectivity index (χ1v) is 12.5. The van der Waals surface area contributed by atoms with E-state index in [0.717, 1.165) is 29.2 Å². The minimum absolute atomic E-state index is 0.809. The average molecular weight is 382 g/mol. The van der Waals surface area contributed by atoms with E-state index in [0.29, 0.717) is 0 Å². The summed E-state index contributed by atoms with van der Waals surface area (Å²) in [6, 6.07) is 4.51. The molecule has 4 atom stereocenters. The highest BCUT2D eigenvalue weighted by Gasteiger charge is 2.49. The zero-order valence-corrected chi connectivity index (χ0v) is 18.0. The largest absolute Gasteiger partial charge is 0.409 e. The van der Waals surface area contributed by atoms with E-state index >= 15 is 0 Å². The van der Waals surface area contributed by atoms with Gasteiger partial charge in [-0.3, -0.25) is 0 Å². The second-order valence-electron chi connectivity index (χ2n) is 8.25. The molecule has 1 N–H and O–H groups in total. The molecule has 1 aromatic carbocycles. The van der Waals surface area contributed by atoms with Gasteiger partial charge in [-0.15, -0.1) is 0 Å². The van der Waals surface area contributed by atoms with Crippen LogP contribution in [0.3, 0.4) is 0 Å². The van der Waals surface area contributed by atoms with Crippen molar-refractivity contribution in [2.24, 2.45) is 23.7 Å². The van der Waals surface area contributed by atoms with Crippen molar-refractivity contribution in [2.75, 3.05) is 4.98 Å². The summed E-state index contributed by atoms with van der Waals surface area (Å²) in [5, 5.41) is 0. The van der Waals surface area contributed by atoms with Crippen LogP contribution in [0.1, 0.15) is 38.8 Å². The van der Waals surface area contributed by atoms with Crippen LogP contribution in [0.15, 0.2) is 16.6 Å². The minimum Gasteiger partial charge on any atom is -0.409 e. The smallest absolute Gasteiger partial charge is 0.151 e. The van der Waals surface area contributed by atoms with Crippen molar-refractivity contribution in [3.05, 3.63) is 27.7 Å². The zero-order chi connectivity index (χ0) is 16.8. The van der Waals surface area contributed by atoms with Gasteiger partial charge in [0.25, 0.3) is 0 Å². The molecule has 0 spiro atoms. The van der Waals surface area contributed by atoms with Gasteiger partial charge in [-0.05, 0) is 76.2 Å². The van der Waals surface area contributed by atoms with Crippen molar-refractivity contribution in [1.82, 2.24) is 0 Å². The molecule has 1 fully saturated rings. The van der Waals surface area contributed by atoms with E-state index in [1.165, 1.54) is 21.3 Å². The third kappa shape index (κ3) is 3.16. The van der Waals surface area contributed by atoms with E-state index in [9.17, 15) is 0 Å². The summed E-state index contributed by atoms with van der Waals surface area (Å²) in [7, 11) is -1.58. The molecular weight excluding hydrogens is 350 g/mol. The maximum Gasteiger partial charge on any atom is 0.151 e. The molecule has 2 rings (SSSR count). The lowest BCUT2D eigenvalue weighted by Crippen LogP contribution is -2.45. The van der Waals surface area contributed by atoms with Gasteiger partial charge in [-0.1, -0.05) is 46.9 Å². The number of hydrogen-bond acceptors (Lipinski definition) is 1. The van der Waals surface area contributed by atoms with Gasteiger partial charge in [-0.25, -0.2) is 0 Å². The molecule has 124 valence electrons. The molecule has 1 aliphatic rings. The quantitative estimate of drug-likeness (QED) is 0.580. The van der Waals surface area contributed by atoms with Crippen molar-refractivity contribution in [3.8, 4) is 0 Å². The number of anilines is 1. The molecule has 3 heteroatoms. The average Bonchev–Trinajstić information content (AvgIpc) is 2.58. The predicted molar refractivity (Wildman–Crippen MR) is 105 cm³/mol. The Morgan fingerprint density at radius 1 is 0.909 bits per heavy atom. The molecule has 0 aliphatic heterocycles. The third-order valence-corrected chi connectivity index (χ3v) is 10.6. The number of halogens is 1. The number of hydrogen-bond donors (Lipinski definition) is 1. The van der Waals surface area contributed by atoms with E-state index in [-0.39, 0.29) is 0 Å². The Bertz CT molecular complexity index is 517. The van der Waals surface area contributed by atoms with Crippen LogP contribution in [0.5, 0.6) is 0 Å². The van der Waals surface area contributed by atoms with Gasteiger partial charge in [-0.2, -0.15) is 0 Å². The van der Waals surface area contributed by atoms with Crippen LogP contribution in [0.25, 0.3) is 0 Å². The van der Waals surface area contributed by atoms with Crippen LogP contribution in [-0.2, 0) is 0 Å². The van der Waals surface area contributed by atoms with Crippen molar-refractivity contribution in [1.29, 1.82) is 0 Å². The van der Waals surface area contributed by atoms with Crippen molar-refractivity contribution in [2.45, 2.75) is 60.2 Å². The first-order chi connectivity index (χ1) is 10.1. The third-order valence-electron chi connectivity index (χ3n) is 6.33. The van der Waals surface area contributed by atoms with Crippen LogP contribution in [0, 0.1) is 37.5 Å². The second kappa shape index (κ2) is 6.31. The monoisotopic (exact) mass is 381 g/mol. The predicted octanol–water partition coefficient (Wildman–Crippen LogP) is 6.61. The van der Waals surface area contributed by atoms with Crippen LogP contribution >= 0.6 is 15.9 Å². The van der Waals surface area contributed by atoms with E-state index in [2.05, 4.69) is 87.7 Å². The van der Waals surface area contributed by atoms with E-state index in [4.69, 9.17) is 0 Å². The SMILES string of the molecule is Cc1cc(C)c(N[Si](C)(C)C2C(C)C(C)C(C)C2C)c(Br)c1. The van der Waals surface area contributed by atoms with Crippen molar-refractivity contribution < 1.29 is 0 Å². The Morgan fingerprint density at radius 3 is 1.86 bits per heavy atom. The van der Waals surface area contributed by atoms with E-state index in [1.54, 1.807) is 0 Å². The Hall–Kier alpha value is -0.283. The molecule has 1 nitrogen and oxygen atoms in total. The van der Waals surface area contributed by atoms with Gasteiger partial charge in [0.1, 0.15) is 0 Å². The summed E-state index contributed by atoms with van der Waals surface area (Å²) in [5.41, 5.74) is 4.81. The minimum atomic E-state index is -1.58. The Balaban J connectivity index is 2.32. The number of nitrogens with one attached hydrogen (secondary N) is 1. The molecule has 4 unspecified atom stereocenters. The van der Waals surface area contributed by atoms with Gasteiger partial charge < -0.3 is 4.98 Å². The first-order valence-electron chi connectivity index (χ1n) is 8.61. The fourth-order valence-corrected chi connectivity index (χ4v) is 10.2. The molecule has 1 aromatic rings. The molecule has 0 aromatic heterocycles. The Kier molecular flexibility index (Phi) is 5.18. The van der Waals surface area contributed by atoms with E-state index in [1.807, 2.05) is 0 Å². The maximum absolute atomic E-state index is 4.02. The highest BCUT2D eigenvalue weighted by Crippen LogP contribution is 2.53. The van der Waals surface area contributed by atoms with Gasteiger partial charge in [0.15, 0.2) is 8.24 Å². The van der Waals surface area contributed by atoms with E-state index < -0.39 is 8.24 Å². The van der Waals surface area contributed by atoms with Gasteiger partial charge in [0.2, 0.25) is 0 Å². The number of aryl methyl sites for hydroxylation is 2. The molecule has 0 radical (unpaired) electrons. The molecule has 1 saturated carbocycles. The summed E-state index contributed by atoms with van der Waals surface area (Å²) < 4.78 is 1.21. The standard InChI is InChI=1S/C19H32BrNSi/c1-11-9-12(2)18(17(20)10-11)21-22(7,8)19-15(5)13(3)14(4)16(19)6/h9-10,13-16,19,21H,1-8H3.